The number of halogens is 1. The minimum Gasteiger partial charge on any atom is -0.383 e. The summed E-state index contributed by atoms with van der Waals surface area (Å²) in [4.78, 5) is 0. The highest BCUT2D eigenvalue weighted by atomic mass is 35.5. The van der Waals surface area contributed by atoms with Gasteiger partial charge in [0.15, 0.2) is 0 Å². The highest BCUT2D eigenvalue weighted by Crippen LogP contribution is 2.00. The highest BCUT2D eigenvalue weighted by Gasteiger charge is 2.02. The van der Waals surface area contributed by atoms with Gasteiger partial charge in [0.2, 0.25) is 0 Å². The summed E-state index contributed by atoms with van der Waals surface area (Å²) in [7, 11) is 1.67. The van der Waals surface area contributed by atoms with Gasteiger partial charge in [-0.25, -0.2) is 0 Å². The number of methoxy groups -OCH3 is 1. The van der Waals surface area contributed by atoms with Crippen molar-refractivity contribution >= 4 is 11.6 Å². The lowest BCUT2D eigenvalue weighted by molar-refractivity contribution is 0.125. The fourth-order valence-corrected chi connectivity index (χ4v) is 1.45. The van der Waals surface area contributed by atoms with Gasteiger partial charge >= 0.3 is 0 Å². The highest BCUT2D eigenvalue weighted by molar-refractivity contribution is 6.20. The lowest BCUT2D eigenvalue weighted by Gasteiger charge is -2.10. The smallest absolute Gasteiger partial charge is 0.0626 e. The summed E-state index contributed by atoms with van der Waals surface area (Å²) in [6.07, 6.45) is 2.07. The maximum Gasteiger partial charge on any atom is 0.0626 e. The largest absolute Gasteiger partial charge is 0.383 e. The molecule has 0 aliphatic heterocycles. The molecule has 3 nitrogen and oxygen atoms in total. The van der Waals surface area contributed by atoms with Crippen LogP contribution in [0.1, 0.15) is 26.7 Å². The average molecular weight is 252 g/mol. The predicted octanol–water partition coefficient (Wildman–Crippen LogP) is 2.28. The van der Waals surface area contributed by atoms with E-state index in [-0.39, 0.29) is 5.38 Å². The van der Waals surface area contributed by atoms with Gasteiger partial charge in [0.1, 0.15) is 0 Å². The maximum absolute atomic E-state index is 5.98. The lowest BCUT2D eigenvalue weighted by atomic mass is 10.1. The molecule has 0 aromatic heterocycles. The van der Waals surface area contributed by atoms with Crippen LogP contribution in [-0.2, 0) is 9.47 Å². The van der Waals surface area contributed by atoms with Crippen molar-refractivity contribution < 1.29 is 9.47 Å². The first-order valence-corrected chi connectivity index (χ1v) is 6.52. The SMILES string of the molecule is COCC(Cl)CCNCCOCCC(C)C. The first-order chi connectivity index (χ1) is 7.66. The molecule has 0 saturated carbocycles. The van der Waals surface area contributed by atoms with Crippen molar-refractivity contribution in [2.75, 3.05) is 40.0 Å². The molecule has 0 spiro atoms. The summed E-state index contributed by atoms with van der Waals surface area (Å²) < 4.78 is 10.4. The van der Waals surface area contributed by atoms with Gasteiger partial charge in [-0.3, -0.25) is 0 Å². The van der Waals surface area contributed by atoms with Gasteiger partial charge in [-0.05, 0) is 25.3 Å². The van der Waals surface area contributed by atoms with Gasteiger partial charge in [0.25, 0.3) is 0 Å². The molecule has 0 saturated heterocycles. The third-order valence-corrected chi connectivity index (χ3v) is 2.59. The Morgan fingerprint density at radius 3 is 2.50 bits per heavy atom. The summed E-state index contributed by atoms with van der Waals surface area (Å²) in [5.41, 5.74) is 0. The van der Waals surface area contributed by atoms with Crippen LogP contribution >= 0.6 is 11.6 Å². The molecule has 0 aromatic carbocycles. The molecule has 0 aliphatic rings. The second-order valence-electron chi connectivity index (χ2n) is 4.39. The van der Waals surface area contributed by atoms with E-state index in [2.05, 4.69) is 19.2 Å². The Labute approximate surface area is 105 Å². The Kier molecular flexibility index (Phi) is 11.8. The number of hydrogen-bond donors (Lipinski definition) is 1. The van der Waals surface area contributed by atoms with Crippen molar-refractivity contribution in [2.24, 2.45) is 5.92 Å². The summed E-state index contributed by atoms with van der Waals surface area (Å²) in [6, 6.07) is 0. The van der Waals surface area contributed by atoms with Crippen LogP contribution in [0.5, 0.6) is 0 Å². The molecule has 0 aliphatic carbocycles. The first kappa shape index (κ1) is 16.2. The minimum atomic E-state index is 0.111. The second kappa shape index (κ2) is 11.6. The minimum absolute atomic E-state index is 0.111. The van der Waals surface area contributed by atoms with E-state index in [1.165, 1.54) is 0 Å². The van der Waals surface area contributed by atoms with Crippen LogP contribution in [0.4, 0.5) is 0 Å². The van der Waals surface area contributed by atoms with E-state index in [0.717, 1.165) is 45.1 Å². The number of ether oxygens (including phenoxy) is 2. The van der Waals surface area contributed by atoms with E-state index < -0.39 is 0 Å². The molecule has 0 fully saturated rings. The summed E-state index contributed by atoms with van der Waals surface area (Å²) >= 11 is 5.98. The van der Waals surface area contributed by atoms with E-state index in [9.17, 15) is 0 Å². The van der Waals surface area contributed by atoms with Crippen LogP contribution in [0.25, 0.3) is 0 Å². The van der Waals surface area contributed by atoms with Crippen LogP contribution in [-0.4, -0.2) is 45.4 Å². The molecule has 0 radical (unpaired) electrons. The third kappa shape index (κ3) is 12.2. The lowest BCUT2D eigenvalue weighted by Crippen LogP contribution is -2.24. The van der Waals surface area contributed by atoms with Crippen molar-refractivity contribution in [2.45, 2.75) is 32.1 Å². The van der Waals surface area contributed by atoms with E-state index in [1.54, 1.807) is 7.11 Å². The first-order valence-electron chi connectivity index (χ1n) is 6.08. The number of nitrogens with one attached hydrogen (secondary N) is 1. The van der Waals surface area contributed by atoms with Gasteiger partial charge in [-0.2, -0.15) is 0 Å². The van der Waals surface area contributed by atoms with Crippen LogP contribution in [0.2, 0.25) is 0 Å². The topological polar surface area (TPSA) is 30.5 Å². The summed E-state index contributed by atoms with van der Waals surface area (Å²) in [5, 5.41) is 3.41. The summed E-state index contributed by atoms with van der Waals surface area (Å²) in [5.74, 6) is 0.721. The third-order valence-electron chi connectivity index (χ3n) is 2.24. The molecule has 0 heterocycles. The van der Waals surface area contributed by atoms with E-state index in [4.69, 9.17) is 21.1 Å². The standard InChI is InChI=1S/C12H26ClNO2/c1-11(2)5-8-16-9-7-14-6-4-12(13)10-15-3/h11-12,14H,4-10H2,1-3H3. The molecular weight excluding hydrogens is 226 g/mol. The average Bonchev–Trinajstić information content (AvgIpc) is 2.22. The molecule has 1 atom stereocenters. The van der Waals surface area contributed by atoms with Gasteiger partial charge < -0.3 is 14.8 Å². The van der Waals surface area contributed by atoms with Crippen LogP contribution < -0.4 is 5.32 Å². The second-order valence-corrected chi connectivity index (χ2v) is 5.00. The zero-order valence-electron chi connectivity index (χ0n) is 10.8. The summed E-state index contributed by atoms with van der Waals surface area (Å²) in [6.45, 7) is 8.50. The Morgan fingerprint density at radius 2 is 1.88 bits per heavy atom. The van der Waals surface area contributed by atoms with Crippen molar-refractivity contribution in [3.8, 4) is 0 Å². The molecule has 1 unspecified atom stereocenters. The predicted molar refractivity (Wildman–Crippen MR) is 69.3 cm³/mol. The van der Waals surface area contributed by atoms with Gasteiger partial charge in [-0.1, -0.05) is 13.8 Å². The maximum atomic E-state index is 5.98. The number of alkyl halides is 1. The Morgan fingerprint density at radius 1 is 1.12 bits per heavy atom. The molecule has 98 valence electrons. The van der Waals surface area contributed by atoms with Gasteiger partial charge in [0, 0.05) is 20.3 Å². The zero-order chi connectivity index (χ0) is 12.2. The van der Waals surface area contributed by atoms with Gasteiger partial charge in [-0.15, -0.1) is 11.6 Å². The molecule has 4 heteroatoms. The van der Waals surface area contributed by atoms with Crippen molar-refractivity contribution in [1.29, 1.82) is 0 Å². The Balaban J connectivity index is 3.04. The van der Waals surface area contributed by atoms with Gasteiger partial charge in [0.05, 0.1) is 18.6 Å². The van der Waals surface area contributed by atoms with Crippen molar-refractivity contribution in [1.82, 2.24) is 5.32 Å². The quantitative estimate of drug-likeness (QED) is 0.452. The van der Waals surface area contributed by atoms with Crippen molar-refractivity contribution in [3.05, 3.63) is 0 Å². The fraction of sp³-hybridized carbons (Fsp3) is 1.00. The number of hydrogen-bond acceptors (Lipinski definition) is 3. The monoisotopic (exact) mass is 251 g/mol. The van der Waals surface area contributed by atoms with E-state index >= 15 is 0 Å². The molecule has 0 aromatic rings. The fourth-order valence-electron chi connectivity index (χ4n) is 1.21. The van der Waals surface area contributed by atoms with E-state index in [1.807, 2.05) is 0 Å². The zero-order valence-corrected chi connectivity index (χ0v) is 11.6. The molecule has 1 N–H and O–H groups in total. The number of rotatable bonds is 11. The molecule has 0 amide bonds. The Hall–Kier alpha value is 0.170. The molecule has 0 bridgehead atoms. The normalized spacial score (nSPS) is 13.3. The molecule has 16 heavy (non-hydrogen) atoms. The molecule has 0 rings (SSSR count). The van der Waals surface area contributed by atoms with Crippen LogP contribution in [0.15, 0.2) is 0 Å². The van der Waals surface area contributed by atoms with Crippen LogP contribution in [0, 0.1) is 5.92 Å². The van der Waals surface area contributed by atoms with Crippen LogP contribution in [0.3, 0.4) is 0 Å². The van der Waals surface area contributed by atoms with Crippen molar-refractivity contribution in [3.63, 3.8) is 0 Å². The van der Waals surface area contributed by atoms with E-state index in [0.29, 0.717) is 6.61 Å². The Bertz CT molecular complexity index is 145. The molecular formula is C12H26ClNO2.